The van der Waals surface area contributed by atoms with Crippen molar-refractivity contribution < 1.29 is 26.4 Å². The molecular formula is C22H22N2O6S2. The van der Waals surface area contributed by atoms with Gasteiger partial charge in [-0.3, -0.25) is 9.10 Å². The van der Waals surface area contributed by atoms with Gasteiger partial charge in [0, 0.05) is 19.0 Å². The summed E-state index contributed by atoms with van der Waals surface area (Å²) in [5.41, 5.74) is 0.811. The summed E-state index contributed by atoms with van der Waals surface area (Å²) in [6.45, 7) is -0.334. The SMILES string of the molecule is CN(c1ccccc1)S(=O)(=O)c1cccc(NC(=O)COc2ccc(S(C)(=O)=O)cc2)c1. The van der Waals surface area contributed by atoms with Crippen LogP contribution in [-0.4, -0.2) is 42.7 Å². The second-order valence-electron chi connectivity index (χ2n) is 6.92. The number of carbonyl (C=O) groups excluding carboxylic acids is 1. The highest BCUT2D eigenvalue weighted by atomic mass is 32.2. The lowest BCUT2D eigenvalue weighted by Gasteiger charge is -2.19. The lowest BCUT2D eigenvalue weighted by atomic mass is 10.3. The van der Waals surface area contributed by atoms with Gasteiger partial charge in [-0.05, 0) is 54.6 Å². The highest BCUT2D eigenvalue weighted by Gasteiger charge is 2.21. The zero-order valence-corrected chi connectivity index (χ0v) is 19.1. The fourth-order valence-corrected chi connectivity index (χ4v) is 4.67. The summed E-state index contributed by atoms with van der Waals surface area (Å²) in [5.74, 6) is -0.170. The second-order valence-corrected chi connectivity index (χ2v) is 10.9. The van der Waals surface area contributed by atoms with Gasteiger partial charge in [0.05, 0.1) is 15.5 Å². The van der Waals surface area contributed by atoms with Crippen molar-refractivity contribution in [2.24, 2.45) is 0 Å². The normalized spacial score (nSPS) is 11.6. The molecule has 1 N–H and O–H groups in total. The van der Waals surface area contributed by atoms with Crippen LogP contribution in [0.15, 0.2) is 88.7 Å². The van der Waals surface area contributed by atoms with E-state index in [4.69, 9.17) is 4.74 Å². The Kier molecular flexibility index (Phi) is 6.85. The van der Waals surface area contributed by atoms with Crippen molar-refractivity contribution in [1.82, 2.24) is 0 Å². The molecule has 0 unspecified atom stereocenters. The third kappa shape index (κ3) is 5.65. The Bertz CT molecular complexity index is 1310. The first-order chi connectivity index (χ1) is 15.1. The molecule has 0 bridgehead atoms. The number of benzene rings is 3. The Balaban J connectivity index is 1.66. The summed E-state index contributed by atoms with van der Waals surface area (Å²) in [6.07, 6.45) is 1.10. The monoisotopic (exact) mass is 474 g/mol. The van der Waals surface area contributed by atoms with E-state index < -0.39 is 25.8 Å². The summed E-state index contributed by atoms with van der Waals surface area (Å²) in [5, 5.41) is 2.60. The standard InChI is InChI=1S/C22H22N2O6S2/c1-24(18-8-4-3-5-9-18)32(28,29)21-10-6-7-17(15-21)23-22(25)16-30-19-11-13-20(14-12-19)31(2,26)27/h3-15H,16H2,1-2H3,(H,23,25). The predicted molar refractivity (Wildman–Crippen MR) is 122 cm³/mol. The molecule has 1 amide bonds. The van der Waals surface area contributed by atoms with Gasteiger partial charge in [-0.15, -0.1) is 0 Å². The Morgan fingerprint density at radius 1 is 0.875 bits per heavy atom. The quantitative estimate of drug-likeness (QED) is 0.538. The summed E-state index contributed by atoms with van der Waals surface area (Å²) < 4.78 is 55.3. The maximum atomic E-state index is 12.9. The van der Waals surface area contributed by atoms with Gasteiger partial charge < -0.3 is 10.1 Å². The van der Waals surface area contributed by atoms with Crippen molar-refractivity contribution in [1.29, 1.82) is 0 Å². The minimum Gasteiger partial charge on any atom is -0.484 e. The lowest BCUT2D eigenvalue weighted by Crippen LogP contribution is -2.26. The molecular weight excluding hydrogens is 452 g/mol. The number of amides is 1. The van der Waals surface area contributed by atoms with E-state index in [9.17, 15) is 21.6 Å². The van der Waals surface area contributed by atoms with Crippen LogP contribution in [0, 0.1) is 0 Å². The molecule has 0 aliphatic carbocycles. The molecule has 0 radical (unpaired) electrons. The number of hydrogen-bond donors (Lipinski definition) is 1. The van der Waals surface area contributed by atoms with Crippen LogP contribution in [0.1, 0.15) is 0 Å². The van der Waals surface area contributed by atoms with Crippen molar-refractivity contribution in [3.05, 3.63) is 78.9 Å². The highest BCUT2D eigenvalue weighted by Crippen LogP contribution is 2.23. The van der Waals surface area contributed by atoms with Gasteiger partial charge in [0.15, 0.2) is 16.4 Å². The van der Waals surface area contributed by atoms with E-state index >= 15 is 0 Å². The molecule has 8 nitrogen and oxygen atoms in total. The molecule has 3 aromatic carbocycles. The first-order valence-corrected chi connectivity index (χ1v) is 12.8. The van der Waals surface area contributed by atoms with Gasteiger partial charge in [0.2, 0.25) is 0 Å². The largest absolute Gasteiger partial charge is 0.484 e. The van der Waals surface area contributed by atoms with E-state index in [0.29, 0.717) is 17.1 Å². The average molecular weight is 475 g/mol. The van der Waals surface area contributed by atoms with Crippen molar-refractivity contribution in [2.75, 3.05) is 29.5 Å². The molecule has 0 aromatic heterocycles. The molecule has 10 heteroatoms. The molecule has 3 aromatic rings. The number of sulfone groups is 1. The lowest BCUT2D eigenvalue weighted by molar-refractivity contribution is -0.118. The number of para-hydroxylation sites is 1. The van der Waals surface area contributed by atoms with E-state index in [1.165, 1.54) is 49.5 Å². The highest BCUT2D eigenvalue weighted by molar-refractivity contribution is 7.92. The number of anilines is 2. The van der Waals surface area contributed by atoms with Crippen LogP contribution in [0.25, 0.3) is 0 Å². The van der Waals surface area contributed by atoms with Crippen LogP contribution in [-0.2, 0) is 24.7 Å². The van der Waals surface area contributed by atoms with Crippen molar-refractivity contribution in [3.63, 3.8) is 0 Å². The number of sulfonamides is 1. The zero-order valence-electron chi connectivity index (χ0n) is 17.4. The molecule has 0 saturated carbocycles. The summed E-state index contributed by atoms with van der Waals surface area (Å²) >= 11 is 0. The van der Waals surface area contributed by atoms with E-state index in [2.05, 4.69) is 5.32 Å². The molecule has 0 aliphatic heterocycles. The third-order valence-electron chi connectivity index (χ3n) is 4.52. The number of carbonyl (C=O) groups is 1. The second kappa shape index (κ2) is 9.41. The summed E-state index contributed by atoms with van der Waals surface area (Å²) in [7, 11) is -5.68. The summed E-state index contributed by atoms with van der Waals surface area (Å²) in [6, 6.07) is 20.3. The van der Waals surface area contributed by atoms with Crippen LogP contribution in [0.4, 0.5) is 11.4 Å². The fraction of sp³-hybridized carbons (Fsp3) is 0.136. The van der Waals surface area contributed by atoms with Crippen LogP contribution < -0.4 is 14.4 Å². The topological polar surface area (TPSA) is 110 Å². The molecule has 3 rings (SSSR count). The van der Waals surface area contributed by atoms with Crippen molar-refractivity contribution >= 4 is 37.1 Å². The number of hydrogen-bond acceptors (Lipinski definition) is 6. The Morgan fingerprint density at radius 3 is 2.16 bits per heavy atom. The molecule has 0 atom stereocenters. The van der Waals surface area contributed by atoms with E-state index in [1.807, 2.05) is 0 Å². The first kappa shape index (κ1) is 23.3. The molecule has 0 fully saturated rings. The van der Waals surface area contributed by atoms with E-state index in [0.717, 1.165) is 10.6 Å². The predicted octanol–water partition coefficient (Wildman–Crippen LogP) is 2.93. The Morgan fingerprint density at radius 2 is 1.53 bits per heavy atom. The third-order valence-corrected chi connectivity index (χ3v) is 7.43. The van der Waals surface area contributed by atoms with Crippen LogP contribution in [0.3, 0.4) is 0 Å². The van der Waals surface area contributed by atoms with Crippen LogP contribution >= 0.6 is 0 Å². The summed E-state index contributed by atoms with van der Waals surface area (Å²) in [4.78, 5) is 12.4. The van der Waals surface area contributed by atoms with Crippen LogP contribution in [0.2, 0.25) is 0 Å². The smallest absolute Gasteiger partial charge is 0.264 e. The van der Waals surface area contributed by atoms with Gasteiger partial charge in [-0.1, -0.05) is 24.3 Å². The number of rotatable bonds is 8. The van der Waals surface area contributed by atoms with Crippen molar-refractivity contribution in [3.8, 4) is 5.75 Å². The number of ether oxygens (including phenoxy) is 1. The molecule has 0 heterocycles. The molecule has 0 spiro atoms. The van der Waals surface area contributed by atoms with E-state index in [-0.39, 0.29) is 16.4 Å². The molecule has 32 heavy (non-hydrogen) atoms. The minimum absolute atomic E-state index is 0.0268. The fourth-order valence-electron chi connectivity index (χ4n) is 2.80. The maximum Gasteiger partial charge on any atom is 0.264 e. The van der Waals surface area contributed by atoms with Gasteiger partial charge >= 0.3 is 0 Å². The zero-order chi connectivity index (χ0) is 23.4. The van der Waals surface area contributed by atoms with Crippen molar-refractivity contribution in [2.45, 2.75) is 9.79 Å². The van der Waals surface area contributed by atoms with Crippen LogP contribution in [0.5, 0.6) is 5.75 Å². The molecule has 0 aliphatic rings. The van der Waals surface area contributed by atoms with Gasteiger partial charge in [-0.2, -0.15) is 0 Å². The minimum atomic E-state index is -3.82. The maximum absolute atomic E-state index is 12.9. The molecule has 168 valence electrons. The number of nitrogens with zero attached hydrogens (tertiary/aromatic N) is 1. The van der Waals surface area contributed by atoms with E-state index in [1.54, 1.807) is 36.4 Å². The van der Waals surface area contributed by atoms with Gasteiger partial charge in [0.1, 0.15) is 5.75 Å². The number of nitrogens with one attached hydrogen (secondary N) is 1. The Labute approximate surface area is 187 Å². The molecule has 0 saturated heterocycles. The average Bonchev–Trinajstić information content (AvgIpc) is 2.77. The Hall–Kier alpha value is -3.37. The van der Waals surface area contributed by atoms with Gasteiger partial charge in [0.25, 0.3) is 15.9 Å². The van der Waals surface area contributed by atoms with Gasteiger partial charge in [-0.25, -0.2) is 16.8 Å². The first-order valence-electron chi connectivity index (χ1n) is 9.44.